The van der Waals surface area contributed by atoms with E-state index < -0.39 is 23.9 Å². The van der Waals surface area contributed by atoms with E-state index in [1.165, 1.54) is 18.4 Å². The smallest absolute Gasteiger partial charge is 0.280 e. The molecule has 0 aliphatic heterocycles. The van der Waals surface area contributed by atoms with Crippen LogP contribution in [0.1, 0.15) is 44.9 Å². The Morgan fingerprint density at radius 2 is 2.11 bits per heavy atom. The Kier molecular flexibility index (Phi) is 5.84. The fraction of sp³-hybridized carbons (Fsp3) is 0.174. The van der Waals surface area contributed by atoms with Gasteiger partial charge in [-0.2, -0.15) is 10.2 Å². The van der Waals surface area contributed by atoms with Gasteiger partial charge in [0.2, 0.25) is 0 Å². The molecule has 0 atom stereocenters. The summed E-state index contributed by atoms with van der Waals surface area (Å²) in [4.78, 5) is 29.6. The lowest BCUT2D eigenvalue weighted by molar-refractivity contribution is 0.100. The molecule has 0 saturated carbocycles. The van der Waals surface area contributed by atoms with Crippen LogP contribution in [0.3, 0.4) is 0 Å². The van der Waals surface area contributed by atoms with Crippen LogP contribution in [0, 0.1) is 6.92 Å². The van der Waals surface area contributed by atoms with Crippen molar-refractivity contribution >= 4 is 39.1 Å². The maximum absolute atomic E-state index is 13.7. The van der Waals surface area contributed by atoms with Gasteiger partial charge >= 0.3 is 0 Å². The standard InChI is InChI=1S/C23H19F2N7O3S/c1-3-32-10(2)12(9-27-32)11-7-14(20(24)25)28-23-17(11)18(19(36-23)21(26)33)29-22(34)15-8-13(30-31-15)16-5-4-6-35-16/h4-9,20H,3H2,1-2H3,(H2,26,33)(H,29,34)(H,30,31). The van der Waals surface area contributed by atoms with Crippen LogP contribution in [-0.4, -0.2) is 36.8 Å². The van der Waals surface area contributed by atoms with E-state index in [9.17, 15) is 18.4 Å². The predicted octanol–water partition coefficient (Wildman–Crippen LogP) is 4.76. The number of aryl methyl sites for hydroxylation is 1. The molecule has 0 aliphatic carbocycles. The van der Waals surface area contributed by atoms with Crippen LogP contribution in [-0.2, 0) is 6.54 Å². The second kappa shape index (κ2) is 9.00. The summed E-state index contributed by atoms with van der Waals surface area (Å²) in [5.74, 6) is -0.997. The number of nitrogens with two attached hydrogens (primary N) is 1. The van der Waals surface area contributed by atoms with Gasteiger partial charge < -0.3 is 15.5 Å². The highest BCUT2D eigenvalue weighted by molar-refractivity contribution is 7.21. The van der Waals surface area contributed by atoms with E-state index in [0.717, 1.165) is 17.0 Å². The number of rotatable bonds is 7. The van der Waals surface area contributed by atoms with E-state index in [1.807, 2.05) is 6.92 Å². The second-order valence-electron chi connectivity index (χ2n) is 7.80. The number of hydrogen-bond donors (Lipinski definition) is 3. The van der Waals surface area contributed by atoms with Crippen LogP contribution in [0.2, 0.25) is 0 Å². The number of aromatic nitrogens is 5. The molecule has 36 heavy (non-hydrogen) atoms. The molecule has 0 unspecified atom stereocenters. The van der Waals surface area contributed by atoms with Gasteiger partial charge in [-0.25, -0.2) is 13.8 Å². The number of carbonyl (C=O) groups excluding carboxylic acids is 2. The van der Waals surface area contributed by atoms with Crippen LogP contribution in [0.5, 0.6) is 0 Å². The SMILES string of the molecule is CCn1ncc(-c2cc(C(F)F)nc3sc(C(N)=O)c(NC(=O)c4cc(-c5ccco5)[nH]n4)c23)c1C. The summed E-state index contributed by atoms with van der Waals surface area (Å²) in [5.41, 5.74) is 7.34. The topological polar surface area (TPSA) is 145 Å². The maximum atomic E-state index is 13.7. The molecule has 13 heteroatoms. The van der Waals surface area contributed by atoms with Crippen LogP contribution in [0.4, 0.5) is 14.5 Å². The van der Waals surface area contributed by atoms with Crippen molar-refractivity contribution in [1.82, 2.24) is 25.0 Å². The van der Waals surface area contributed by atoms with E-state index in [4.69, 9.17) is 10.2 Å². The van der Waals surface area contributed by atoms with Gasteiger partial charge in [-0.1, -0.05) is 0 Å². The Morgan fingerprint density at radius 1 is 1.31 bits per heavy atom. The average molecular weight is 512 g/mol. The summed E-state index contributed by atoms with van der Waals surface area (Å²) in [5, 5.41) is 14.0. The lowest BCUT2D eigenvalue weighted by Crippen LogP contribution is -2.17. The number of amides is 2. The van der Waals surface area contributed by atoms with Crippen molar-refractivity contribution in [3.05, 3.63) is 58.7 Å². The molecule has 0 aromatic carbocycles. The minimum absolute atomic E-state index is 0.0184. The number of nitrogens with zero attached hydrogens (tertiary/aromatic N) is 4. The number of fused-ring (bicyclic) bond motifs is 1. The molecule has 10 nitrogen and oxygen atoms in total. The average Bonchev–Trinajstić information content (AvgIpc) is 3.64. The van der Waals surface area contributed by atoms with Crippen LogP contribution in [0.15, 0.2) is 41.1 Å². The van der Waals surface area contributed by atoms with Gasteiger partial charge in [0.25, 0.3) is 18.2 Å². The fourth-order valence-electron chi connectivity index (χ4n) is 3.94. The highest BCUT2D eigenvalue weighted by Gasteiger charge is 2.27. The number of nitrogens with one attached hydrogen (secondary N) is 2. The molecule has 2 amide bonds. The largest absolute Gasteiger partial charge is 0.463 e. The predicted molar refractivity (Wildman–Crippen MR) is 129 cm³/mol. The van der Waals surface area contributed by atoms with Gasteiger partial charge in [-0.15, -0.1) is 11.3 Å². The molecule has 0 saturated heterocycles. The van der Waals surface area contributed by atoms with Gasteiger partial charge in [0.15, 0.2) is 11.5 Å². The number of carbonyl (C=O) groups is 2. The Labute approximate surface area is 206 Å². The Balaban J connectivity index is 1.67. The molecule has 0 aliphatic rings. The number of furan rings is 1. The molecular formula is C23H19F2N7O3S. The number of thiophene rings is 1. The van der Waals surface area contributed by atoms with Crippen molar-refractivity contribution in [3.63, 3.8) is 0 Å². The normalized spacial score (nSPS) is 11.5. The van der Waals surface area contributed by atoms with Crippen molar-refractivity contribution in [3.8, 4) is 22.6 Å². The third-order valence-corrected chi connectivity index (χ3v) is 6.76. The highest BCUT2D eigenvalue weighted by atomic mass is 32.1. The zero-order valence-corrected chi connectivity index (χ0v) is 19.8. The monoisotopic (exact) mass is 511 g/mol. The molecule has 4 N–H and O–H groups in total. The van der Waals surface area contributed by atoms with Gasteiger partial charge in [0, 0.05) is 29.3 Å². The number of alkyl halides is 2. The van der Waals surface area contributed by atoms with E-state index in [2.05, 4.69) is 25.6 Å². The van der Waals surface area contributed by atoms with Crippen molar-refractivity contribution in [2.24, 2.45) is 5.73 Å². The Hall–Kier alpha value is -4.39. The quantitative estimate of drug-likeness (QED) is 0.287. The Bertz CT molecular complexity index is 1600. The minimum atomic E-state index is -2.85. The molecular weight excluding hydrogens is 492 g/mol. The molecule has 0 fully saturated rings. The first-order chi connectivity index (χ1) is 17.3. The summed E-state index contributed by atoms with van der Waals surface area (Å²) in [6.07, 6.45) is 0.188. The van der Waals surface area contributed by atoms with Crippen LogP contribution < -0.4 is 11.1 Å². The number of primary amides is 1. The first-order valence-electron chi connectivity index (χ1n) is 10.8. The van der Waals surface area contributed by atoms with E-state index in [-0.39, 0.29) is 21.1 Å². The van der Waals surface area contributed by atoms with Crippen LogP contribution >= 0.6 is 11.3 Å². The number of hydrogen-bond acceptors (Lipinski definition) is 7. The summed E-state index contributed by atoms with van der Waals surface area (Å²) < 4.78 is 34.5. The minimum Gasteiger partial charge on any atom is -0.463 e. The number of anilines is 1. The molecule has 0 radical (unpaired) electrons. The van der Waals surface area contributed by atoms with Gasteiger partial charge in [0.1, 0.15) is 21.1 Å². The third kappa shape index (κ3) is 3.92. The summed E-state index contributed by atoms with van der Waals surface area (Å²) in [7, 11) is 0. The first kappa shape index (κ1) is 23.4. The summed E-state index contributed by atoms with van der Waals surface area (Å²) >= 11 is 0.827. The molecule has 0 spiro atoms. The van der Waals surface area contributed by atoms with Gasteiger partial charge in [-0.3, -0.25) is 19.4 Å². The molecule has 5 rings (SSSR count). The third-order valence-electron chi connectivity index (χ3n) is 5.66. The van der Waals surface area contributed by atoms with Gasteiger partial charge in [0.05, 0.1) is 18.1 Å². The molecule has 184 valence electrons. The lowest BCUT2D eigenvalue weighted by Gasteiger charge is -2.10. The van der Waals surface area contributed by atoms with E-state index in [1.54, 1.807) is 29.9 Å². The second-order valence-corrected chi connectivity index (χ2v) is 8.80. The number of pyridine rings is 1. The van der Waals surface area contributed by atoms with Crippen molar-refractivity contribution in [2.45, 2.75) is 26.8 Å². The number of halogens is 2. The van der Waals surface area contributed by atoms with Crippen molar-refractivity contribution in [1.29, 1.82) is 0 Å². The van der Waals surface area contributed by atoms with Crippen molar-refractivity contribution < 1.29 is 22.8 Å². The lowest BCUT2D eigenvalue weighted by atomic mass is 10.0. The molecule has 5 heterocycles. The maximum Gasteiger partial charge on any atom is 0.280 e. The van der Waals surface area contributed by atoms with E-state index >= 15 is 0 Å². The van der Waals surface area contributed by atoms with E-state index in [0.29, 0.717) is 34.5 Å². The zero-order chi connectivity index (χ0) is 25.6. The number of aromatic amines is 1. The Morgan fingerprint density at radius 3 is 2.75 bits per heavy atom. The van der Waals surface area contributed by atoms with Crippen LogP contribution in [0.25, 0.3) is 32.8 Å². The summed E-state index contributed by atoms with van der Waals surface area (Å²) in [6.45, 7) is 4.27. The fourth-order valence-corrected chi connectivity index (χ4v) is 4.95. The molecule has 0 bridgehead atoms. The first-order valence-corrected chi connectivity index (χ1v) is 11.6. The zero-order valence-electron chi connectivity index (χ0n) is 19.0. The van der Waals surface area contributed by atoms with Crippen molar-refractivity contribution in [2.75, 3.05) is 5.32 Å². The summed E-state index contributed by atoms with van der Waals surface area (Å²) in [6, 6.07) is 6.12. The molecule has 5 aromatic heterocycles. The van der Waals surface area contributed by atoms with Gasteiger partial charge in [-0.05, 0) is 37.6 Å². The highest BCUT2D eigenvalue weighted by Crippen LogP contribution is 2.43. The molecule has 5 aromatic rings. The number of H-pyrrole nitrogens is 1.